The molecule has 4 aromatic carbocycles. The summed E-state index contributed by atoms with van der Waals surface area (Å²) < 4.78 is 12.5. The second kappa shape index (κ2) is 6.65. The van der Waals surface area contributed by atoms with Crippen LogP contribution in [0.2, 0.25) is 0 Å². The zero-order valence-electron chi connectivity index (χ0n) is 14.8. The van der Waals surface area contributed by atoms with Crippen LogP contribution in [0.15, 0.2) is 97.1 Å². The van der Waals surface area contributed by atoms with Crippen LogP contribution in [-0.4, -0.2) is 0 Å². The highest BCUT2D eigenvalue weighted by atomic mass is 16.5. The van der Waals surface area contributed by atoms with Crippen molar-refractivity contribution in [2.75, 3.05) is 0 Å². The van der Waals surface area contributed by atoms with Crippen LogP contribution in [0.5, 0.6) is 23.0 Å². The highest BCUT2D eigenvalue weighted by Gasteiger charge is 2.25. The SMILES string of the molecule is c1ccc(Oc2ccc3c(c2Oc2ccccc2)Cc2ccccc2-3)cc1. The van der Waals surface area contributed by atoms with Crippen LogP contribution in [0.1, 0.15) is 11.1 Å². The van der Waals surface area contributed by atoms with Crippen LogP contribution in [0.3, 0.4) is 0 Å². The summed E-state index contributed by atoms with van der Waals surface area (Å²) in [7, 11) is 0. The third-order valence-electron chi connectivity index (χ3n) is 4.83. The van der Waals surface area contributed by atoms with Gasteiger partial charge in [0.25, 0.3) is 0 Å². The number of fused-ring (bicyclic) bond motifs is 3. The second-order valence-electron chi connectivity index (χ2n) is 6.58. The summed E-state index contributed by atoms with van der Waals surface area (Å²) in [6.07, 6.45) is 0.847. The van der Waals surface area contributed by atoms with Gasteiger partial charge in [0.2, 0.25) is 0 Å². The Morgan fingerprint density at radius 3 is 1.89 bits per heavy atom. The number of benzene rings is 4. The molecule has 0 amide bonds. The Balaban J connectivity index is 1.62. The van der Waals surface area contributed by atoms with Crippen molar-refractivity contribution in [3.05, 3.63) is 108 Å². The maximum atomic E-state index is 6.33. The van der Waals surface area contributed by atoms with Gasteiger partial charge in [-0.15, -0.1) is 0 Å². The van der Waals surface area contributed by atoms with E-state index in [9.17, 15) is 0 Å². The Morgan fingerprint density at radius 1 is 0.519 bits per heavy atom. The zero-order valence-corrected chi connectivity index (χ0v) is 14.8. The number of hydrogen-bond acceptors (Lipinski definition) is 2. The van der Waals surface area contributed by atoms with E-state index in [-0.39, 0.29) is 0 Å². The number of ether oxygens (including phenoxy) is 2. The Kier molecular flexibility index (Phi) is 3.87. The van der Waals surface area contributed by atoms with Crippen molar-refractivity contribution in [3.8, 4) is 34.1 Å². The van der Waals surface area contributed by atoms with Gasteiger partial charge >= 0.3 is 0 Å². The fourth-order valence-electron chi connectivity index (χ4n) is 3.58. The quantitative estimate of drug-likeness (QED) is 0.353. The summed E-state index contributed by atoms with van der Waals surface area (Å²) in [5.41, 5.74) is 4.99. The lowest BCUT2D eigenvalue weighted by Crippen LogP contribution is -1.95. The molecule has 0 radical (unpaired) electrons. The molecule has 0 saturated heterocycles. The highest BCUT2D eigenvalue weighted by molar-refractivity contribution is 5.81. The minimum atomic E-state index is 0.733. The van der Waals surface area contributed by atoms with Gasteiger partial charge in [-0.2, -0.15) is 0 Å². The van der Waals surface area contributed by atoms with Gasteiger partial charge < -0.3 is 9.47 Å². The first kappa shape index (κ1) is 15.7. The lowest BCUT2D eigenvalue weighted by atomic mass is 10.0. The van der Waals surface area contributed by atoms with Crippen molar-refractivity contribution in [1.82, 2.24) is 0 Å². The molecule has 5 rings (SSSR count). The molecule has 0 spiro atoms. The van der Waals surface area contributed by atoms with Crippen LogP contribution in [0.25, 0.3) is 11.1 Å². The van der Waals surface area contributed by atoms with Crippen molar-refractivity contribution in [2.24, 2.45) is 0 Å². The van der Waals surface area contributed by atoms with Crippen molar-refractivity contribution >= 4 is 0 Å². The maximum Gasteiger partial charge on any atom is 0.174 e. The third-order valence-corrected chi connectivity index (χ3v) is 4.83. The van der Waals surface area contributed by atoms with Crippen LogP contribution in [0, 0.1) is 0 Å². The van der Waals surface area contributed by atoms with Crippen LogP contribution in [-0.2, 0) is 6.42 Å². The molecule has 0 bridgehead atoms. The van der Waals surface area contributed by atoms with Crippen molar-refractivity contribution in [2.45, 2.75) is 6.42 Å². The Bertz CT molecular complexity index is 1090. The number of para-hydroxylation sites is 2. The lowest BCUT2D eigenvalue weighted by Gasteiger charge is -2.16. The predicted molar refractivity (Wildman–Crippen MR) is 108 cm³/mol. The molecular weight excluding hydrogens is 332 g/mol. The normalized spacial score (nSPS) is 11.6. The molecule has 0 saturated carbocycles. The van der Waals surface area contributed by atoms with E-state index in [0.717, 1.165) is 29.4 Å². The molecule has 2 heteroatoms. The monoisotopic (exact) mass is 350 g/mol. The fourth-order valence-corrected chi connectivity index (χ4v) is 3.58. The third kappa shape index (κ3) is 2.96. The fraction of sp³-hybridized carbons (Fsp3) is 0.0400. The molecule has 2 nitrogen and oxygen atoms in total. The van der Waals surface area contributed by atoms with Crippen molar-refractivity contribution < 1.29 is 9.47 Å². The second-order valence-corrected chi connectivity index (χ2v) is 6.58. The Labute approximate surface area is 158 Å². The van der Waals surface area contributed by atoms with E-state index in [1.54, 1.807) is 0 Å². The van der Waals surface area contributed by atoms with Crippen LogP contribution >= 0.6 is 0 Å². The summed E-state index contributed by atoms with van der Waals surface area (Å²) >= 11 is 0. The summed E-state index contributed by atoms with van der Waals surface area (Å²) in [5, 5.41) is 0. The topological polar surface area (TPSA) is 18.5 Å². The van der Waals surface area contributed by atoms with Crippen LogP contribution < -0.4 is 9.47 Å². The van der Waals surface area contributed by atoms with Gasteiger partial charge in [-0.25, -0.2) is 0 Å². The first-order valence-corrected chi connectivity index (χ1v) is 9.08. The van der Waals surface area contributed by atoms with E-state index in [0.29, 0.717) is 0 Å². The van der Waals surface area contributed by atoms with Gasteiger partial charge in [-0.05, 0) is 47.0 Å². The molecule has 0 atom stereocenters. The zero-order chi connectivity index (χ0) is 18.1. The summed E-state index contributed by atoms with van der Waals surface area (Å²) in [6, 6.07) is 32.4. The summed E-state index contributed by atoms with van der Waals surface area (Å²) in [6.45, 7) is 0. The maximum absolute atomic E-state index is 6.33. The molecule has 1 aliphatic rings. The minimum Gasteiger partial charge on any atom is -0.453 e. The van der Waals surface area contributed by atoms with E-state index >= 15 is 0 Å². The number of rotatable bonds is 4. The van der Waals surface area contributed by atoms with Gasteiger partial charge in [-0.3, -0.25) is 0 Å². The number of hydrogen-bond donors (Lipinski definition) is 0. The largest absolute Gasteiger partial charge is 0.453 e. The molecule has 27 heavy (non-hydrogen) atoms. The molecule has 4 aromatic rings. The van der Waals surface area contributed by atoms with E-state index < -0.39 is 0 Å². The van der Waals surface area contributed by atoms with E-state index in [1.807, 2.05) is 66.7 Å². The molecule has 1 aliphatic carbocycles. The predicted octanol–water partition coefficient (Wildman–Crippen LogP) is 6.84. The molecule has 0 heterocycles. The molecule has 0 N–H and O–H groups in total. The summed E-state index contributed by atoms with van der Waals surface area (Å²) in [5.74, 6) is 3.13. The van der Waals surface area contributed by atoms with Gasteiger partial charge in [0, 0.05) is 12.0 Å². The van der Waals surface area contributed by atoms with Gasteiger partial charge in [0.05, 0.1) is 0 Å². The van der Waals surface area contributed by atoms with Gasteiger partial charge in [0.15, 0.2) is 11.5 Å². The molecule has 0 fully saturated rings. The Hall–Kier alpha value is -3.52. The highest BCUT2D eigenvalue weighted by Crippen LogP contribution is 2.47. The van der Waals surface area contributed by atoms with Crippen molar-refractivity contribution in [3.63, 3.8) is 0 Å². The molecule has 0 aromatic heterocycles. The van der Waals surface area contributed by atoms with Gasteiger partial charge in [-0.1, -0.05) is 66.7 Å². The first-order valence-electron chi connectivity index (χ1n) is 9.08. The lowest BCUT2D eigenvalue weighted by molar-refractivity contribution is 0.416. The molecule has 0 unspecified atom stereocenters. The first-order chi connectivity index (χ1) is 13.4. The van der Waals surface area contributed by atoms with Crippen molar-refractivity contribution in [1.29, 1.82) is 0 Å². The Morgan fingerprint density at radius 2 is 1.15 bits per heavy atom. The van der Waals surface area contributed by atoms with Gasteiger partial charge in [0.1, 0.15) is 11.5 Å². The average molecular weight is 350 g/mol. The van der Waals surface area contributed by atoms with Crippen LogP contribution in [0.4, 0.5) is 0 Å². The van der Waals surface area contributed by atoms with E-state index in [1.165, 1.54) is 22.3 Å². The summed E-state index contributed by atoms with van der Waals surface area (Å²) in [4.78, 5) is 0. The smallest absolute Gasteiger partial charge is 0.174 e. The average Bonchev–Trinajstić information content (AvgIpc) is 3.10. The minimum absolute atomic E-state index is 0.733. The standard InChI is InChI=1S/C25H18O2/c1-3-10-19(11-4-1)26-24-16-15-22-21-14-8-7-9-18(21)17-23(22)25(24)27-20-12-5-2-6-13-20/h1-16H,17H2. The van der Waals surface area contributed by atoms with E-state index in [2.05, 4.69) is 30.3 Å². The molecule has 130 valence electrons. The van der Waals surface area contributed by atoms with E-state index in [4.69, 9.17) is 9.47 Å². The molecule has 0 aliphatic heterocycles. The molecular formula is C25H18O2.